The van der Waals surface area contributed by atoms with Crippen LogP contribution in [0.25, 0.3) is 0 Å². The lowest BCUT2D eigenvalue weighted by atomic mass is 9.99. The van der Waals surface area contributed by atoms with Crippen LogP contribution >= 0.6 is 23.2 Å². The van der Waals surface area contributed by atoms with E-state index in [1.54, 1.807) is 6.07 Å². The molecule has 2 N–H and O–H groups in total. The normalized spacial score (nSPS) is 16.8. The molecule has 100 valence electrons. The van der Waals surface area contributed by atoms with Crippen molar-refractivity contribution in [2.45, 2.75) is 12.8 Å². The smallest absolute Gasteiger partial charge is 0.0614 e. The number of anilines is 2. The molecular weight excluding hydrogens is 271 g/mol. The minimum absolute atomic E-state index is 0.498. The predicted octanol–water partition coefficient (Wildman–Crippen LogP) is 3.44. The first-order valence-electron chi connectivity index (χ1n) is 6.11. The van der Waals surface area contributed by atoms with Gasteiger partial charge < -0.3 is 15.4 Å². The molecule has 1 aromatic rings. The monoisotopic (exact) mass is 288 g/mol. The summed E-state index contributed by atoms with van der Waals surface area (Å²) in [5.74, 6) is 0.651. The van der Waals surface area contributed by atoms with Gasteiger partial charge in [-0.1, -0.05) is 23.2 Å². The number of hydrogen-bond donors (Lipinski definition) is 1. The van der Waals surface area contributed by atoms with Gasteiger partial charge in [0.1, 0.15) is 0 Å². The van der Waals surface area contributed by atoms with E-state index >= 15 is 0 Å². The maximum atomic E-state index is 6.04. The molecule has 0 bridgehead atoms. The summed E-state index contributed by atoms with van der Waals surface area (Å²) >= 11 is 12.0. The Balaban J connectivity index is 2.08. The molecule has 1 saturated heterocycles. The van der Waals surface area contributed by atoms with Crippen LogP contribution in [-0.2, 0) is 4.74 Å². The van der Waals surface area contributed by atoms with Crippen LogP contribution in [0.4, 0.5) is 11.4 Å². The summed E-state index contributed by atoms with van der Waals surface area (Å²) in [7, 11) is 2.03. The minimum Gasteiger partial charge on any atom is -0.397 e. The lowest BCUT2D eigenvalue weighted by molar-refractivity contribution is 0.0685. The maximum absolute atomic E-state index is 6.04. The molecule has 1 heterocycles. The summed E-state index contributed by atoms with van der Waals surface area (Å²) < 4.78 is 5.36. The van der Waals surface area contributed by atoms with Crippen LogP contribution in [0, 0.1) is 5.92 Å². The maximum Gasteiger partial charge on any atom is 0.0614 e. The van der Waals surface area contributed by atoms with E-state index < -0.39 is 0 Å². The molecule has 0 unspecified atom stereocenters. The molecule has 0 radical (unpaired) electrons. The fourth-order valence-electron chi connectivity index (χ4n) is 2.30. The molecule has 2 rings (SSSR count). The molecule has 0 aliphatic carbocycles. The fraction of sp³-hybridized carbons (Fsp3) is 0.538. The molecule has 0 atom stereocenters. The van der Waals surface area contributed by atoms with Gasteiger partial charge in [0.2, 0.25) is 0 Å². The summed E-state index contributed by atoms with van der Waals surface area (Å²) in [6.45, 7) is 2.68. The van der Waals surface area contributed by atoms with Crippen molar-refractivity contribution in [1.29, 1.82) is 0 Å². The summed E-state index contributed by atoms with van der Waals surface area (Å²) in [4.78, 5) is 2.15. The Labute approximate surface area is 118 Å². The van der Waals surface area contributed by atoms with E-state index in [4.69, 9.17) is 33.7 Å². The molecule has 0 amide bonds. The average molecular weight is 289 g/mol. The number of hydrogen-bond acceptors (Lipinski definition) is 3. The quantitative estimate of drug-likeness (QED) is 0.866. The first-order valence-corrected chi connectivity index (χ1v) is 6.87. The number of rotatable bonds is 3. The number of ether oxygens (including phenoxy) is 1. The van der Waals surface area contributed by atoms with E-state index in [1.807, 2.05) is 13.1 Å². The van der Waals surface area contributed by atoms with Crippen LogP contribution < -0.4 is 10.6 Å². The standard InChI is InChI=1S/C13H18Cl2N2O/c1-17(8-9-2-4-18-5-3-9)13-7-11(15)10(14)6-12(13)16/h6-7,9H,2-5,8,16H2,1H3. The number of halogens is 2. The van der Waals surface area contributed by atoms with Crippen molar-refractivity contribution in [2.24, 2.45) is 5.92 Å². The molecule has 0 spiro atoms. The van der Waals surface area contributed by atoms with E-state index in [2.05, 4.69) is 4.90 Å². The van der Waals surface area contributed by atoms with Crippen LogP contribution in [0.3, 0.4) is 0 Å². The SMILES string of the molecule is CN(CC1CCOCC1)c1cc(Cl)c(Cl)cc1N. The second-order valence-electron chi connectivity index (χ2n) is 4.76. The van der Waals surface area contributed by atoms with Crippen molar-refractivity contribution in [3.8, 4) is 0 Å². The number of nitrogens with zero attached hydrogens (tertiary/aromatic N) is 1. The third-order valence-electron chi connectivity index (χ3n) is 3.35. The van der Waals surface area contributed by atoms with E-state index in [9.17, 15) is 0 Å². The van der Waals surface area contributed by atoms with E-state index in [0.717, 1.165) is 38.3 Å². The van der Waals surface area contributed by atoms with Crippen LogP contribution in [0.5, 0.6) is 0 Å². The third kappa shape index (κ3) is 3.22. The number of nitrogens with two attached hydrogens (primary N) is 1. The molecule has 3 nitrogen and oxygen atoms in total. The van der Waals surface area contributed by atoms with Gasteiger partial charge in [-0.3, -0.25) is 0 Å². The lowest BCUT2D eigenvalue weighted by Gasteiger charge is -2.29. The molecule has 0 saturated carbocycles. The zero-order valence-electron chi connectivity index (χ0n) is 10.5. The Morgan fingerprint density at radius 2 is 1.89 bits per heavy atom. The highest BCUT2D eigenvalue weighted by Gasteiger charge is 2.17. The number of nitrogen functional groups attached to an aromatic ring is 1. The van der Waals surface area contributed by atoms with E-state index in [-0.39, 0.29) is 0 Å². The van der Waals surface area contributed by atoms with Gasteiger partial charge >= 0.3 is 0 Å². The first kappa shape index (κ1) is 13.8. The molecule has 1 aliphatic rings. The molecular formula is C13H18Cl2N2O. The summed E-state index contributed by atoms with van der Waals surface area (Å²) in [6, 6.07) is 3.54. The van der Waals surface area contributed by atoms with Crippen LogP contribution in [-0.4, -0.2) is 26.8 Å². The van der Waals surface area contributed by atoms with Crippen LogP contribution in [0.2, 0.25) is 10.0 Å². The van der Waals surface area contributed by atoms with Gasteiger partial charge in [-0.25, -0.2) is 0 Å². The summed E-state index contributed by atoms with van der Waals surface area (Å²) in [5, 5.41) is 1.04. The Morgan fingerprint density at radius 1 is 1.28 bits per heavy atom. The molecule has 1 aromatic carbocycles. The molecule has 18 heavy (non-hydrogen) atoms. The Morgan fingerprint density at radius 3 is 2.56 bits per heavy atom. The molecule has 1 aliphatic heterocycles. The van der Waals surface area contributed by atoms with Gasteiger partial charge in [-0.15, -0.1) is 0 Å². The van der Waals surface area contributed by atoms with Crippen molar-refractivity contribution >= 4 is 34.6 Å². The van der Waals surface area contributed by atoms with Gasteiger partial charge in [0.25, 0.3) is 0 Å². The van der Waals surface area contributed by atoms with Gasteiger partial charge in [0, 0.05) is 26.8 Å². The zero-order valence-corrected chi connectivity index (χ0v) is 12.0. The number of benzene rings is 1. The van der Waals surface area contributed by atoms with Gasteiger partial charge in [0.05, 0.1) is 21.4 Å². The minimum atomic E-state index is 0.498. The van der Waals surface area contributed by atoms with Crippen molar-refractivity contribution in [1.82, 2.24) is 0 Å². The zero-order chi connectivity index (χ0) is 13.1. The predicted molar refractivity (Wildman–Crippen MR) is 77.7 cm³/mol. The lowest BCUT2D eigenvalue weighted by Crippen LogP contribution is -2.30. The van der Waals surface area contributed by atoms with Crippen molar-refractivity contribution in [3.63, 3.8) is 0 Å². The highest BCUT2D eigenvalue weighted by atomic mass is 35.5. The third-order valence-corrected chi connectivity index (χ3v) is 4.08. The largest absolute Gasteiger partial charge is 0.397 e. The second-order valence-corrected chi connectivity index (χ2v) is 5.58. The van der Waals surface area contributed by atoms with Gasteiger partial charge in [0.15, 0.2) is 0 Å². The van der Waals surface area contributed by atoms with E-state index in [0.29, 0.717) is 21.7 Å². The summed E-state index contributed by atoms with van der Waals surface area (Å²) in [6.07, 6.45) is 2.21. The highest BCUT2D eigenvalue weighted by molar-refractivity contribution is 6.42. The molecule has 1 fully saturated rings. The van der Waals surface area contributed by atoms with Crippen LogP contribution in [0.1, 0.15) is 12.8 Å². The fourth-order valence-corrected chi connectivity index (χ4v) is 2.63. The van der Waals surface area contributed by atoms with Gasteiger partial charge in [-0.2, -0.15) is 0 Å². The molecule has 5 heteroatoms. The van der Waals surface area contributed by atoms with Gasteiger partial charge in [-0.05, 0) is 30.9 Å². The Bertz CT molecular complexity index is 420. The molecule has 0 aromatic heterocycles. The Hall–Kier alpha value is -0.640. The Kier molecular flexibility index (Phi) is 4.60. The topological polar surface area (TPSA) is 38.5 Å². The second kappa shape index (κ2) is 6.00. The van der Waals surface area contributed by atoms with E-state index in [1.165, 1.54) is 0 Å². The first-order chi connectivity index (χ1) is 8.58. The van der Waals surface area contributed by atoms with Crippen LogP contribution in [0.15, 0.2) is 12.1 Å². The average Bonchev–Trinajstić information content (AvgIpc) is 2.35. The van der Waals surface area contributed by atoms with Crippen molar-refractivity contribution in [2.75, 3.05) is 37.4 Å². The highest BCUT2D eigenvalue weighted by Crippen LogP contribution is 2.33. The van der Waals surface area contributed by atoms with Crippen molar-refractivity contribution < 1.29 is 4.74 Å². The summed E-state index contributed by atoms with van der Waals surface area (Å²) in [5.41, 5.74) is 7.59. The van der Waals surface area contributed by atoms with Crippen molar-refractivity contribution in [3.05, 3.63) is 22.2 Å².